The Morgan fingerprint density at radius 2 is 1.45 bits per heavy atom. The van der Waals surface area contributed by atoms with E-state index in [-0.39, 0.29) is 68.6 Å². The molecule has 1 rings (SSSR count). The minimum absolute atomic E-state index is 0. The van der Waals surface area contributed by atoms with E-state index in [4.69, 9.17) is 39.9 Å². The van der Waals surface area contributed by atoms with E-state index in [0.29, 0.717) is 5.02 Å². The number of benzene rings is 1. The molecule has 0 aliphatic rings. The summed E-state index contributed by atoms with van der Waals surface area (Å²) in [6, 6.07) is 2.84. The predicted molar refractivity (Wildman–Crippen MR) is 44.2 cm³/mol. The van der Waals surface area contributed by atoms with Gasteiger partial charge in [0, 0.05) is 5.02 Å². The van der Waals surface area contributed by atoms with Crippen LogP contribution in [-0.4, -0.2) is 5.11 Å². The SMILES string of the molecule is Oc1c(Cl)cc(Cl)cc1Cl.[H-].[K+]. The molecule has 0 saturated heterocycles. The summed E-state index contributed by atoms with van der Waals surface area (Å²) in [4.78, 5) is 0. The van der Waals surface area contributed by atoms with E-state index in [2.05, 4.69) is 0 Å². The van der Waals surface area contributed by atoms with Gasteiger partial charge in [0.15, 0.2) is 5.75 Å². The van der Waals surface area contributed by atoms with Crippen molar-refractivity contribution in [2.45, 2.75) is 0 Å². The van der Waals surface area contributed by atoms with Crippen LogP contribution in [-0.2, 0) is 0 Å². The second-order valence-corrected chi connectivity index (χ2v) is 2.97. The van der Waals surface area contributed by atoms with Crippen molar-refractivity contribution in [2.24, 2.45) is 0 Å². The molecule has 0 aliphatic carbocycles. The molecule has 0 heterocycles. The van der Waals surface area contributed by atoms with Crippen LogP contribution < -0.4 is 51.4 Å². The summed E-state index contributed by atoms with van der Waals surface area (Å²) in [6.45, 7) is 0. The zero-order chi connectivity index (χ0) is 7.72. The number of halogens is 3. The third-order valence-corrected chi connectivity index (χ3v) is 1.78. The van der Waals surface area contributed by atoms with E-state index in [0.717, 1.165) is 0 Å². The Morgan fingerprint density at radius 3 is 1.82 bits per heavy atom. The van der Waals surface area contributed by atoms with Gasteiger partial charge in [0.25, 0.3) is 0 Å². The normalized spacial score (nSPS) is 9.00. The van der Waals surface area contributed by atoms with Crippen LogP contribution in [0.3, 0.4) is 0 Å². The topological polar surface area (TPSA) is 20.2 Å². The number of phenols is 1. The van der Waals surface area contributed by atoms with E-state index in [1.165, 1.54) is 12.1 Å². The summed E-state index contributed by atoms with van der Waals surface area (Å²) in [5.41, 5.74) is 0. The molecule has 1 N–H and O–H groups in total. The first kappa shape index (κ1) is 12.5. The molecule has 1 aromatic rings. The standard InChI is InChI=1S/C6H3Cl3O.K.H/c7-3-1-4(8)6(10)5(9)2-3;;/h1-2,10H;;/q;+1;-1. The molecule has 56 valence electrons. The molecule has 5 heteroatoms. The molecular formula is C6H4Cl3KO. The molecule has 11 heavy (non-hydrogen) atoms. The zero-order valence-corrected chi connectivity index (χ0v) is 11.1. The average Bonchev–Trinajstić information content (AvgIpc) is 1.82. The van der Waals surface area contributed by atoms with E-state index in [1.807, 2.05) is 0 Å². The van der Waals surface area contributed by atoms with Crippen LogP contribution in [0.15, 0.2) is 12.1 Å². The Morgan fingerprint density at radius 1 is 1.09 bits per heavy atom. The van der Waals surface area contributed by atoms with Crippen LogP contribution in [0.2, 0.25) is 15.1 Å². The number of hydrogen-bond acceptors (Lipinski definition) is 1. The van der Waals surface area contributed by atoms with Crippen molar-refractivity contribution in [1.82, 2.24) is 0 Å². The Hall–Kier alpha value is 1.53. The average molecular weight is 238 g/mol. The molecule has 0 radical (unpaired) electrons. The van der Waals surface area contributed by atoms with Gasteiger partial charge in [-0.15, -0.1) is 0 Å². The molecule has 0 atom stereocenters. The van der Waals surface area contributed by atoms with Crippen molar-refractivity contribution in [3.63, 3.8) is 0 Å². The summed E-state index contributed by atoms with van der Waals surface area (Å²) in [5.74, 6) is -0.132. The van der Waals surface area contributed by atoms with Crippen molar-refractivity contribution < 1.29 is 57.9 Å². The Balaban J connectivity index is 0. The van der Waals surface area contributed by atoms with Gasteiger partial charge in [-0.3, -0.25) is 0 Å². The van der Waals surface area contributed by atoms with E-state index < -0.39 is 0 Å². The van der Waals surface area contributed by atoms with Crippen LogP contribution in [0.5, 0.6) is 5.75 Å². The van der Waals surface area contributed by atoms with Gasteiger partial charge in [-0.25, -0.2) is 0 Å². The van der Waals surface area contributed by atoms with E-state index in [1.54, 1.807) is 0 Å². The minimum Gasteiger partial charge on any atom is -1.00 e. The first-order valence-electron chi connectivity index (χ1n) is 2.45. The molecule has 1 aromatic carbocycles. The molecule has 0 aromatic heterocycles. The minimum atomic E-state index is -0.132. The van der Waals surface area contributed by atoms with Crippen molar-refractivity contribution >= 4 is 34.8 Å². The molecule has 1 nitrogen and oxygen atoms in total. The van der Waals surface area contributed by atoms with Crippen molar-refractivity contribution in [2.75, 3.05) is 0 Å². The van der Waals surface area contributed by atoms with Crippen LogP contribution in [0.4, 0.5) is 0 Å². The predicted octanol–water partition coefficient (Wildman–Crippen LogP) is 0.469. The largest absolute Gasteiger partial charge is 1.00 e. The Labute approximate surface area is 124 Å². The van der Waals surface area contributed by atoms with Crippen LogP contribution in [0.1, 0.15) is 1.43 Å². The number of aromatic hydroxyl groups is 1. The molecule has 0 saturated carbocycles. The molecular weight excluding hydrogens is 234 g/mol. The first-order valence-corrected chi connectivity index (χ1v) is 3.58. The third-order valence-electron chi connectivity index (χ3n) is 0.982. The second-order valence-electron chi connectivity index (χ2n) is 1.72. The molecule has 0 unspecified atom stereocenters. The van der Waals surface area contributed by atoms with Gasteiger partial charge in [-0.1, -0.05) is 34.8 Å². The maximum Gasteiger partial charge on any atom is 1.00 e. The van der Waals surface area contributed by atoms with Gasteiger partial charge in [0.1, 0.15) is 0 Å². The Bertz CT molecular complexity index is 246. The summed E-state index contributed by atoms with van der Waals surface area (Å²) in [5, 5.41) is 9.75. The second kappa shape index (κ2) is 5.30. The van der Waals surface area contributed by atoms with Crippen LogP contribution in [0, 0.1) is 0 Å². The fourth-order valence-electron chi connectivity index (χ4n) is 0.535. The van der Waals surface area contributed by atoms with Crippen molar-refractivity contribution in [3.8, 4) is 5.75 Å². The van der Waals surface area contributed by atoms with Gasteiger partial charge >= 0.3 is 51.4 Å². The molecule has 0 spiro atoms. The Kier molecular flexibility index (Phi) is 6.03. The van der Waals surface area contributed by atoms with Crippen molar-refractivity contribution in [1.29, 1.82) is 0 Å². The first-order chi connectivity index (χ1) is 4.61. The maximum atomic E-state index is 9.01. The number of hydrogen-bond donors (Lipinski definition) is 1. The van der Waals surface area contributed by atoms with Gasteiger partial charge in [-0.05, 0) is 12.1 Å². The summed E-state index contributed by atoms with van der Waals surface area (Å²) in [7, 11) is 0. The quantitative estimate of drug-likeness (QED) is 0.651. The summed E-state index contributed by atoms with van der Waals surface area (Å²) >= 11 is 16.5. The fraction of sp³-hybridized carbons (Fsp3) is 0. The smallest absolute Gasteiger partial charge is 1.00 e. The van der Waals surface area contributed by atoms with Gasteiger partial charge in [-0.2, -0.15) is 0 Å². The van der Waals surface area contributed by atoms with Crippen LogP contribution in [0.25, 0.3) is 0 Å². The van der Waals surface area contributed by atoms with E-state index >= 15 is 0 Å². The zero-order valence-electron chi connectivity index (χ0n) is 6.74. The summed E-state index contributed by atoms with van der Waals surface area (Å²) < 4.78 is 0. The van der Waals surface area contributed by atoms with Gasteiger partial charge < -0.3 is 6.53 Å². The van der Waals surface area contributed by atoms with Crippen molar-refractivity contribution in [3.05, 3.63) is 27.2 Å². The molecule has 0 aliphatic heterocycles. The number of phenolic OH excluding ortho intramolecular Hbond substituents is 1. The third kappa shape index (κ3) is 3.41. The van der Waals surface area contributed by atoms with E-state index in [9.17, 15) is 0 Å². The van der Waals surface area contributed by atoms with Gasteiger partial charge in [0.2, 0.25) is 0 Å². The molecule has 0 amide bonds. The van der Waals surface area contributed by atoms with Gasteiger partial charge in [0.05, 0.1) is 10.0 Å². The number of rotatable bonds is 0. The molecule has 0 fully saturated rings. The summed E-state index contributed by atoms with van der Waals surface area (Å²) in [6.07, 6.45) is 0. The molecule has 0 bridgehead atoms. The maximum absolute atomic E-state index is 9.01. The fourth-order valence-corrected chi connectivity index (χ4v) is 1.35. The van der Waals surface area contributed by atoms with Crippen LogP contribution >= 0.6 is 34.8 Å². The monoisotopic (exact) mass is 236 g/mol.